The van der Waals surface area contributed by atoms with Crippen molar-refractivity contribution in [2.45, 2.75) is 17.9 Å². The second-order valence-corrected chi connectivity index (χ2v) is 8.01. The maximum absolute atomic E-state index is 13.2. The molecule has 1 aliphatic rings. The third-order valence-corrected chi connectivity index (χ3v) is 5.19. The highest BCUT2D eigenvalue weighted by atomic mass is 32.2. The smallest absolute Gasteiger partial charge is 0.433 e. The number of ether oxygens (including phenoxy) is 2. The number of rotatable bonds is 4. The largest absolute Gasteiger partial charge is 0.609 e. The van der Waals surface area contributed by atoms with Crippen LogP contribution in [0.1, 0.15) is 11.3 Å². The van der Waals surface area contributed by atoms with E-state index < -0.39 is 28.2 Å². The molecule has 2 aromatic heterocycles. The first-order valence-electron chi connectivity index (χ1n) is 9.10. The van der Waals surface area contributed by atoms with Gasteiger partial charge in [-0.25, -0.2) is 0 Å². The number of alkyl halides is 3. The van der Waals surface area contributed by atoms with Crippen LogP contribution < -0.4 is 15.0 Å². The van der Waals surface area contributed by atoms with E-state index in [1.54, 1.807) is 18.2 Å². The highest BCUT2D eigenvalue weighted by Gasteiger charge is 2.35. The molecular formula is C20H16F3N3O4S. The summed E-state index contributed by atoms with van der Waals surface area (Å²) in [4.78, 5) is 19.7. The first-order chi connectivity index (χ1) is 14.7. The van der Waals surface area contributed by atoms with Crippen LogP contribution in [0.15, 0.2) is 52.5 Å². The molecule has 0 saturated carbocycles. The maximum atomic E-state index is 13.2. The molecule has 1 atom stereocenters. The molecule has 0 bridgehead atoms. The number of fused-ring (bicyclic) bond motifs is 1. The summed E-state index contributed by atoms with van der Waals surface area (Å²) in [6.45, 7) is 1.03. The second kappa shape index (κ2) is 8.23. The van der Waals surface area contributed by atoms with Crippen molar-refractivity contribution in [1.29, 1.82) is 0 Å². The number of benzene rings is 1. The topological polar surface area (TPSA) is 89.3 Å². The van der Waals surface area contributed by atoms with Crippen LogP contribution in [0, 0.1) is 0 Å². The monoisotopic (exact) mass is 451 g/mol. The molecule has 0 fully saturated rings. The Morgan fingerprint density at radius 2 is 1.84 bits per heavy atom. The molecule has 0 aliphatic carbocycles. The SMILES string of the molecule is C[S+]([O-])c1nc(-c2ccc(=O)n(Cc3ccc4c(c3)OCCO4)c2)cc(C(F)(F)F)n1. The van der Waals surface area contributed by atoms with Gasteiger partial charge in [0.1, 0.15) is 19.5 Å². The first kappa shape index (κ1) is 21.2. The van der Waals surface area contributed by atoms with Gasteiger partial charge in [-0.1, -0.05) is 6.07 Å². The molecule has 1 aromatic carbocycles. The maximum Gasteiger partial charge on any atom is 0.433 e. The fourth-order valence-electron chi connectivity index (χ4n) is 3.04. The Morgan fingerprint density at radius 3 is 2.55 bits per heavy atom. The van der Waals surface area contributed by atoms with Crippen LogP contribution in [-0.4, -0.2) is 38.6 Å². The number of pyridine rings is 1. The van der Waals surface area contributed by atoms with Gasteiger partial charge in [0.25, 0.3) is 5.56 Å². The molecule has 11 heteroatoms. The summed E-state index contributed by atoms with van der Waals surface area (Å²) < 4.78 is 63.8. The summed E-state index contributed by atoms with van der Waals surface area (Å²) in [6.07, 6.45) is -2.13. The molecule has 0 saturated heterocycles. The fourth-order valence-corrected chi connectivity index (χ4v) is 3.49. The van der Waals surface area contributed by atoms with E-state index in [1.165, 1.54) is 29.2 Å². The molecule has 31 heavy (non-hydrogen) atoms. The summed E-state index contributed by atoms with van der Waals surface area (Å²) in [7, 11) is 0. The van der Waals surface area contributed by atoms with Crippen molar-refractivity contribution in [2.24, 2.45) is 0 Å². The van der Waals surface area contributed by atoms with Gasteiger partial charge in [-0.15, -0.1) is 0 Å². The number of hydrogen-bond acceptors (Lipinski definition) is 6. The highest BCUT2D eigenvalue weighted by molar-refractivity contribution is 7.90. The van der Waals surface area contributed by atoms with Gasteiger partial charge in [-0.2, -0.15) is 23.1 Å². The zero-order chi connectivity index (χ0) is 22.2. The molecule has 162 valence electrons. The Morgan fingerprint density at radius 1 is 1.10 bits per heavy atom. The Hall–Kier alpha value is -3.05. The van der Waals surface area contributed by atoms with E-state index in [-0.39, 0.29) is 23.4 Å². The summed E-state index contributed by atoms with van der Waals surface area (Å²) >= 11 is -1.82. The lowest BCUT2D eigenvalue weighted by molar-refractivity contribution is -0.141. The zero-order valence-electron chi connectivity index (χ0n) is 16.2. The Kier molecular flexibility index (Phi) is 5.63. The zero-order valence-corrected chi connectivity index (χ0v) is 17.0. The van der Waals surface area contributed by atoms with Crippen molar-refractivity contribution < 1.29 is 27.2 Å². The van der Waals surface area contributed by atoms with Gasteiger partial charge in [-0.3, -0.25) is 4.79 Å². The molecule has 0 radical (unpaired) electrons. The number of nitrogens with zero attached hydrogens (tertiary/aromatic N) is 3. The summed E-state index contributed by atoms with van der Waals surface area (Å²) in [5.74, 6) is 1.17. The number of aromatic nitrogens is 3. The minimum absolute atomic E-state index is 0.0801. The molecule has 0 amide bonds. The van der Waals surface area contributed by atoms with Crippen LogP contribution in [-0.2, 0) is 23.9 Å². The van der Waals surface area contributed by atoms with Crippen LogP contribution in [0.25, 0.3) is 11.3 Å². The van der Waals surface area contributed by atoms with Gasteiger partial charge in [-0.05, 0) is 29.8 Å². The summed E-state index contributed by atoms with van der Waals surface area (Å²) in [5.41, 5.74) is -0.618. The van der Waals surface area contributed by atoms with Crippen molar-refractivity contribution in [3.63, 3.8) is 0 Å². The standard InChI is InChI=1S/C20H16F3N3O4S/c1-31(28)19-24-14(9-17(25-19)20(21,22)23)13-3-5-18(27)26(11-13)10-12-2-4-15-16(8-12)30-7-6-29-15/h2-5,8-9,11H,6-7,10H2,1H3. The van der Waals surface area contributed by atoms with E-state index in [2.05, 4.69) is 9.97 Å². The van der Waals surface area contributed by atoms with Gasteiger partial charge in [0.2, 0.25) is 0 Å². The normalized spacial score (nSPS) is 14.4. The van der Waals surface area contributed by atoms with Gasteiger partial charge in [0.15, 0.2) is 17.2 Å². The minimum Gasteiger partial charge on any atom is -0.609 e. The van der Waals surface area contributed by atoms with E-state index in [9.17, 15) is 22.5 Å². The predicted molar refractivity (Wildman–Crippen MR) is 106 cm³/mol. The van der Waals surface area contributed by atoms with Gasteiger partial charge < -0.3 is 18.6 Å². The second-order valence-electron chi connectivity index (χ2n) is 6.73. The Bertz CT molecular complexity index is 1180. The minimum atomic E-state index is -4.73. The molecule has 7 nitrogen and oxygen atoms in total. The van der Waals surface area contributed by atoms with E-state index in [4.69, 9.17) is 9.47 Å². The van der Waals surface area contributed by atoms with Crippen LogP contribution >= 0.6 is 0 Å². The fraction of sp³-hybridized carbons (Fsp3) is 0.250. The van der Waals surface area contributed by atoms with Crippen LogP contribution in [0.4, 0.5) is 13.2 Å². The van der Waals surface area contributed by atoms with Crippen molar-refractivity contribution >= 4 is 11.2 Å². The molecule has 0 N–H and O–H groups in total. The third-order valence-electron chi connectivity index (χ3n) is 4.49. The first-order valence-corrected chi connectivity index (χ1v) is 10.7. The van der Waals surface area contributed by atoms with E-state index in [0.29, 0.717) is 24.7 Å². The third kappa shape index (κ3) is 4.67. The molecule has 4 rings (SSSR count). The average molecular weight is 451 g/mol. The lowest BCUT2D eigenvalue weighted by atomic mass is 10.1. The van der Waals surface area contributed by atoms with Crippen molar-refractivity contribution in [1.82, 2.24) is 14.5 Å². The van der Waals surface area contributed by atoms with E-state index >= 15 is 0 Å². The number of halogens is 3. The van der Waals surface area contributed by atoms with E-state index in [0.717, 1.165) is 11.6 Å². The molecule has 1 unspecified atom stereocenters. The van der Waals surface area contributed by atoms with Gasteiger partial charge in [0, 0.05) is 29.0 Å². The predicted octanol–water partition coefficient (Wildman–Crippen LogP) is 2.88. The van der Waals surface area contributed by atoms with Crippen molar-refractivity contribution in [3.8, 4) is 22.8 Å². The Balaban J connectivity index is 1.71. The number of hydrogen-bond donors (Lipinski definition) is 0. The van der Waals surface area contributed by atoms with Gasteiger partial charge in [0.05, 0.1) is 12.2 Å². The lowest BCUT2D eigenvalue weighted by Gasteiger charge is -2.19. The summed E-state index contributed by atoms with van der Waals surface area (Å²) in [5, 5.41) is -0.436. The van der Waals surface area contributed by atoms with Crippen LogP contribution in [0.5, 0.6) is 11.5 Å². The molecule has 1 aliphatic heterocycles. The molecule has 0 spiro atoms. The van der Waals surface area contributed by atoms with E-state index in [1.807, 2.05) is 0 Å². The van der Waals surface area contributed by atoms with Crippen LogP contribution in [0.3, 0.4) is 0 Å². The van der Waals surface area contributed by atoms with Crippen molar-refractivity contribution in [2.75, 3.05) is 19.5 Å². The molecule has 3 aromatic rings. The lowest BCUT2D eigenvalue weighted by Crippen LogP contribution is -2.20. The Labute approximate surface area is 177 Å². The average Bonchev–Trinajstić information content (AvgIpc) is 2.74. The van der Waals surface area contributed by atoms with Crippen molar-refractivity contribution in [3.05, 3.63) is 64.2 Å². The van der Waals surface area contributed by atoms with Crippen LogP contribution in [0.2, 0.25) is 0 Å². The highest BCUT2D eigenvalue weighted by Crippen LogP contribution is 2.32. The quantitative estimate of drug-likeness (QED) is 0.448. The molecular weight excluding hydrogens is 435 g/mol. The molecule has 3 heterocycles. The summed E-state index contributed by atoms with van der Waals surface area (Å²) in [6, 6.07) is 8.64. The van der Waals surface area contributed by atoms with Gasteiger partial charge >= 0.3 is 11.3 Å².